The van der Waals surface area contributed by atoms with Crippen molar-refractivity contribution in [2.45, 2.75) is 19.9 Å². The van der Waals surface area contributed by atoms with Crippen LogP contribution in [0.2, 0.25) is 0 Å². The number of hydrogen-bond acceptors (Lipinski definition) is 3. The maximum absolute atomic E-state index is 11.1. The summed E-state index contributed by atoms with van der Waals surface area (Å²) in [5, 5.41) is 3.29. The molecule has 1 fully saturated rings. The fraction of sp³-hybridized carbons (Fsp3) is 0.800. The lowest BCUT2D eigenvalue weighted by molar-refractivity contribution is 0.312. The monoisotopic (exact) mass is 216 g/mol. The fourth-order valence-corrected chi connectivity index (χ4v) is 2.69. The van der Waals surface area contributed by atoms with Crippen molar-refractivity contribution in [3.05, 3.63) is 12.3 Å². The SMILES string of the molecule is C=C(CN1CC[S+]([O-])CC1)NC(C)C. The van der Waals surface area contributed by atoms with Gasteiger partial charge < -0.3 is 9.87 Å². The predicted molar refractivity (Wildman–Crippen MR) is 61.7 cm³/mol. The smallest absolute Gasteiger partial charge is 0.118 e. The zero-order valence-corrected chi connectivity index (χ0v) is 9.90. The van der Waals surface area contributed by atoms with Crippen LogP contribution in [-0.2, 0) is 11.2 Å². The second-order valence-electron chi connectivity index (χ2n) is 4.03. The standard InChI is InChI=1S/C10H20N2OS/c1-9(2)11-10(3)8-12-4-6-14(13)7-5-12/h9,11H,3-8H2,1-2H3. The molecule has 0 aromatic rings. The second kappa shape index (κ2) is 5.63. The molecule has 4 heteroatoms. The van der Waals surface area contributed by atoms with E-state index in [0.717, 1.165) is 36.8 Å². The molecule has 0 radical (unpaired) electrons. The number of nitrogens with zero attached hydrogens (tertiary/aromatic N) is 1. The molecule has 1 aliphatic rings. The summed E-state index contributed by atoms with van der Waals surface area (Å²) in [7, 11) is 0. The van der Waals surface area contributed by atoms with Crippen molar-refractivity contribution in [3.63, 3.8) is 0 Å². The van der Waals surface area contributed by atoms with Gasteiger partial charge in [0.05, 0.1) is 0 Å². The summed E-state index contributed by atoms with van der Waals surface area (Å²) in [6.07, 6.45) is 0. The van der Waals surface area contributed by atoms with E-state index in [2.05, 4.69) is 30.6 Å². The third-order valence-electron chi connectivity index (χ3n) is 2.18. The first-order valence-electron chi connectivity index (χ1n) is 5.09. The second-order valence-corrected chi connectivity index (χ2v) is 5.72. The third kappa shape index (κ3) is 4.35. The fourth-order valence-electron chi connectivity index (χ4n) is 1.56. The van der Waals surface area contributed by atoms with Gasteiger partial charge in [0.1, 0.15) is 11.5 Å². The number of nitrogens with one attached hydrogen (secondary N) is 1. The van der Waals surface area contributed by atoms with E-state index >= 15 is 0 Å². The van der Waals surface area contributed by atoms with Crippen LogP contribution in [0.1, 0.15) is 13.8 Å². The van der Waals surface area contributed by atoms with Crippen molar-refractivity contribution < 1.29 is 4.55 Å². The Morgan fingerprint density at radius 1 is 1.50 bits per heavy atom. The summed E-state index contributed by atoms with van der Waals surface area (Å²) >= 11 is -0.578. The van der Waals surface area contributed by atoms with Crippen LogP contribution in [0, 0.1) is 0 Å². The Kier molecular flexibility index (Phi) is 4.78. The number of hydrogen-bond donors (Lipinski definition) is 1. The maximum Gasteiger partial charge on any atom is 0.118 e. The topological polar surface area (TPSA) is 38.3 Å². The summed E-state index contributed by atoms with van der Waals surface area (Å²) in [5.41, 5.74) is 1.06. The first-order chi connectivity index (χ1) is 6.58. The number of rotatable bonds is 4. The highest BCUT2D eigenvalue weighted by atomic mass is 32.2. The molecule has 1 N–H and O–H groups in total. The Hall–Kier alpha value is -0.190. The van der Waals surface area contributed by atoms with Gasteiger partial charge in [-0.15, -0.1) is 0 Å². The van der Waals surface area contributed by atoms with Gasteiger partial charge in [-0.3, -0.25) is 4.90 Å². The van der Waals surface area contributed by atoms with Crippen molar-refractivity contribution >= 4 is 11.2 Å². The lowest BCUT2D eigenvalue weighted by Gasteiger charge is -2.29. The Balaban J connectivity index is 2.20. The molecule has 0 atom stereocenters. The molecule has 14 heavy (non-hydrogen) atoms. The molecule has 0 aromatic carbocycles. The summed E-state index contributed by atoms with van der Waals surface area (Å²) < 4.78 is 11.1. The van der Waals surface area contributed by atoms with Crippen LogP contribution < -0.4 is 5.32 Å². The van der Waals surface area contributed by atoms with Crippen LogP contribution >= 0.6 is 0 Å². The average molecular weight is 216 g/mol. The van der Waals surface area contributed by atoms with Crippen molar-refractivity contribution in [1.29, 1.82) is 0 Å². The predicted octanol–water partition coefficient (Wildman–Crippen LogP) is 0.562. The molecule has 1 rings (SSSR count). The van der Waals surface area contributed by atoms with E-state index in [4.69, 9.17) is 0 Å². The van der Waals surface area contributed by atoms with Crippen LogP contribution in [0.4, 0.5) is 0 Å². The van der Waals surface area contributed by atoms with Gasteiger partial charge in [0.15, 0.2) is 0 Å². The van der Waals surface area contributed by atoms with E-state index in [1.54, 1.807) is 0 Å². The maximum atomic E-state index is 11.1. The van der Waals surface area contributed by atoms with Crippen LogP contribution in [0.25, 0.3) is 0 Å². The van der Waals surface area contributed by atoms with E-state index in [-0.39, 0.29) is 0 Å². The van der Waals surface area contributed by atoms with Crippen LogP contribution in [0.3, 0.4) is 0 Å². The minimum atomic E-state index is -0.578. The minimum Gasteiger partial charge on any atom is -0.616 e. The van der Waals surface area contributed by atoms with Gasteiger partial charge >= 0.3 is 0 Å². The van der Waals surface area contributed by atoms with E-state index < -0.39 is 11.2 Å². The Bertz CT molecular complexity index is 189. The molecular formula is C10H20N2OS. The molecule has 82 valence electrons. The minimum absolute atomic E-state index is 0.446. The van der Waals surface area contributed by atoms with Crippen LogP contribution in [0.5, 0.6) is 0 Å². The Labute approximate surface area is 89.7 Å². The highest BCUT2D eigenvalue weighted by Gasteiger charge is 2.19. The molecule has 0 spiro atoms. The van der Waals surface area contributed by atoms with Crippen molar-refractivity contribution in [2.24, 2.45) is 0 Å². The lowest BCUT2D eigenvalue weighted by atomic mass is 10.3. The van der Waals surface area contributed by atoms with Gasteiger partial charge in [-0.05, 0) is 13.8 Å². The first-order valence-corrected chi connectivity index (χ1v) is 6.58. The molecule has 0 aliphatic carbocycles. The van der Waals surface area contributed by atoms with E-state index in [1.807, 2.05) is 0 Å². The van der Waals surface area contributed by atoms with E-state index in [9.17, 15) is 4.55 Å². The van der Waals surface area contributed by atoms with Gasteiger partial charge in [0.2, 0.25) is 0 Å². The highest BCUT2D eigenvalue weighted by molar-refractivity contribution is 7.91. The van der Waals surface area contributed by atoms with Crippen LogP contribution in [0.15, 0.2) is 12.3 Å². The first kappa shape index (κ1) is 11.9. The van der Waals surface area contributed by atoms with E-state index in [1.165, 1.54) is 0 Å². The molecular weight excluding hydrogens is 196 g/mol. The van der Waals surface area contributed by atoms with E-state index in [0.29, 0.717) is 6.04 Å². The molecule has 0 saturated carbocycles. The molecule has 1 heterocycles. The zero-order chi connectivity index (χ0) is 10.6. The molecule has 1 aliphatic heterocycles. The molecule has 0 unspecified atom stereocenters. The average Bonchev–Trinajstić information content (AvgIpc) is 2.07. The third-order valence-corrected chi connectivity index (χ3v) is 3.45. The van der Waals surface area contributed by atoms with Crippen molar-refractivity contribution in [1.82, 2.24) is 10.2 Å². The zero-order valence-electron chi connectivity index (χ0n) is 9.08. The van der Waals surface area contributed by atoms with Crippen LogP contribution in [-0.4, -0.2) is 46.6 Å². The summed E-state index contributed by atoms with van der Waals surface area (Å²) in [4.78, 5) is 2.30. The Morgan fingerprint density at radius 2 is 2.07 bits per heavy atom. The summed E-state index contributed by atoms with van der Waals surface area (Å²) in [6.45, 7) is 11.0. The van der Waals surface area contributed by atoms with Gasteiger partial charge in [-0.25, -0.2) is 0 Å². The van der Waals surface area contributed by atoms with Gasteiger partial charge in [-0.2, -0.15) is 0 Å². The lowest BCUT2D eigenvalue weighted by Crippen LogP contribution is -2.42. The van der Waals surface area contributed by atoms with Crippen molar-refractivity contribution in [3.8, 4) is 0 Å². The Morgan fingerprint density at radius 3 is 2.57 bits per heavy atom. The molecule has 0 amide bonds. The molecule has 1 saturated heterocycles. The van der Waals surface area contributed by atoms with Gasteiger partial charge in [-0.1, -0.05) is 17.8 Å². The molecule has 0 bridgehead atoms. The normalized spacial score (nSPS) is 20.0. The van der Waals surface area contributed by atoms with Crippen molar-refractivity contribution in [2.75, 3.05) is 31.1 Å². The summed E-state index contributed by atoms with van der Waals surface area (Å²) in [6, 6.07) is 0.446. The molecule has 0 aromatic heterocycles. The summed E-state index contributed by atoms with van der Waals surface area (Å²) in [5.74, 6) is 1.63. The van der Waals surface area contributed by atoms with Gasteiger partial charge in [0, 0.05) is 31.4 Å². The quantitative estimate of drug-likeness (QED) is 0.698. The highest BCUT2D eigenvalue weighted by Crippen LogP contribution is 2.05. The largest absolute Gasteiger partial charge is 0.616 e. The molecule has 3 nitrogen and oxygen atoms in total. The van der Waals surface area contributed by atoms with Gasteiger partial charge in [0.25, 0.3) is 0 Å².